The van der Waals surface area contributed by atoms with Gasteiger partial charge in [0.15, 0.2) is 0 Å². The molecule has 1 aromatic heterocycles. The van der Waals surface area contributed by atoms with E-state index in [9.17, 15) is 0 Å². The highest BCUT2D eigenvalue weighted by atomic mass is 14.9. The number of hydrogen-bond donors (Lipinski definition) is 1. The van der Waals surface area contributed by atoms with Crippen LogP contribution in [0.3, 0.4) is 0 Å². The molecule has 0 spiro atoms. The highest BCUT2D eigenvalue weighted by molar-refractivity contribution is 5.09. The lowest BCUT2D eigenvalue weighted by Gasteiger charge is -2.32. The molecule has 2 heteroatoms. The second-order valence-electron chi connectivity index (χ2n) is 5.53. The van der Waals surface area contributed by atoms with E-state index in [1.54, 1.807) is 0 Å². The third kappa shape index (κ3) is 2.88. The second-order valence-corrected chi connectivity index (χ2v) is 5.53. The predicted molar refractivity (Wildman–Crippen MR) is 68.2 cm³/mol. The molecule has 0 saturated heterocycles. The van der Waals surface area contributed by atoms with Crippen molar-refractivity contribution in [3.63, 3.8) is 0 Å². The summed E-state index contributed by atoms with van der Waals surface area (Å²) in [5, 5.41) is 3.69. The minimum atomic E-state index is 0.728. The molecule has 0 bridgehead atoms. The fourth-order valence-electron chi connectivity index (χ4n) is 2.66. The number of rotatable bonds is 3. The van der Waals surface area contributed by atoms with Crippen LogP contribution in [-0.4, -0.2) is 10.6 Å². The van der Waals surface area contributed by atoms with Crippen molar-refractivity contribution in [2.75, 3.05) is 0 Å². The fraction of sp³-hybridized carbons (Fsp3) is 0.714. The van der Waals surface area contributed by atoms with Crippen LogP contribution in [0.5, 0.6) is 0 Å². The minimum Gasteiger partial charge on any atom is -0.357 e. The molecule has 1 N–H and O–H groups in total. The first-order valence-corrected chi connectivity index (χ1v) is 6.49. The van der Waals surface area contributed by atoms with Crippen LogP contribution < -0.4 is 5.32 Å². The summed E-state index contributed by atoms with van der Waals surface area (Å²) in [6.45, 7) is 5.80. The summed E-state index contributed by atoms with van der Waals surface area (Å²) in [6, 6.07) is 2.92. The van der Waals surface area contributed by atoms with Crippen LogP contribution in [0.2, 0.25) is 0 Å². The molecule has 1 fully saturated rings. The average molecular weight is 220 g/mol. The zero-order valence-electron chi connectivity index (χ0n) is 10.7. The fourth-order valence-corrected chi connectivity index (χ4v) is 2.66. The first-order valence-electron chi connectivity index (χ1n) is 6.49. The van der Waals surface area contributed by atoms with Gasteiger partial charge in [0.25, 0.3) is 0 Å². The van der Waals surface area contributed by atoms with Gasteiger partial charge in [-0.1, -0.05) is 13.8 Å². The van der Waals surface area contributed by atoms with Crippen molar-refractivity contribution in [1.29, 1.82) is 0 Å². The van der Waals surface area contributed by atoms with Crippen LogP contribution in [0, 0.1) is 11.8 Å². The van der Waals surface area contributed by atoms with E-state index < -0.39 is 0 Å². The van der Waals surface area contributed by atoms with Crippen molar-refractivity contribution in [1.82, 2.24) is 9.88 Å². The maximum atomic E-state index is 3.69. The van der Waals surface area contributed by atoms with Crippen molar-refractivity contribution in [2.45, 2.75) is 45.7 Å². The molecule has 1 aromatic rings. The second kappa shape index (κ2) is 5.05. The highest BCUT2D eigenvalue weighted by Crippen LogP contribution is 2.29. The van der Waals surface area contributed by atoms with Crippen molar-refractivity contribution in [3.8, 4) is 0 Å². The van der Waals surface area contributed by atoms with Crippen molar-refractivity contribution >= 4 is 0 Å². The van der Waals surface area contributed by atoms with Gasteiger partial charge < -0.3 is 9.88 Å². The van der Waals surface area contributed by atoms with Gasteiger partial charge in [0.2, 0.25) is 0 Å². The Hall–Kier alpha value is -0.760. The third-order valence-electron chi connectivity index (χ3n) is 4.09. The van der Waals surface area contributed by atoms with E-state index in [-0.39, 0.29) is 0 Å². The van der Waals surface area contributed by atoms with E-state index in [0.29, 0.717) is 0 Å². The zero-order valence-corrected chi connectivity index (χ0v) is 10.7. The summed E-state index contributed by atoms with van der Waals surface area (Å²) in [5.41, 5.74) is 1.40. The monoisotopic (exact) mass is 220 g/mol. The highest BCUT2D eigenvalue weighted by Gasteiger charge is 2.23. The van der Waals surface area contributed by atoms with E-state index in [2.05, 4.69) is 49.2 Å². The van der Waals surface area contributed by atoms with Gasteiger partial charge in [-0.25, -0.2) is 0 Å². The van der Waals surface area contributed by atoms with Gasteiger partial charge in [0.1, 0.15) is 0 Å². The van der Waals surface area contributed by atoms with Gasteiger partial charge in [0.05, 0.1) is 0 Å². The third-order valence-corrected chi connectivity index (χ3v) is 4.09. The summed E-state index contributed by atoms with van der Waals surface area (Å²) >= 11 is 0. The van der Waals surface area contributed by atoms with Crippen molar-refractivity contribution < 1.29 is 0 Å². The van der Waals surface area contributed by atoms with Gasteiger partial charge in [-0.15, -0.1) is 0 Å². The quantitative estimate of drug-likeness (QED) is 0.828. The van der Waals surface area contributed by atoms with Gasteiger partial charge in [0, 0.05) is 32.0 Å². The van der Waals surface area contributed by atoms with Crippen molar-refractivity contribution in [3.05, 3.63) is 24.0 Å². The molecule has 3 atom stereocenters. The molecule has 16 heavy (non-hydrogen) atoms. The topological polar surface area (TPSA) is 17.0 Å². The number of nitrogens with zero attached hydrogens (tertiary/aromatic N) is 1. The lowest BCUT2D eigenvalue weighted by molar-refractivity contribution is 0.225. The van der Waals surface area contributed by atoms with E-state index in [1.807, 2.05) is 0 Å². The first-order chi connectivity index (χ1) is 7.65. The molecule has 1 saturated carbocycles. The molecule has 1 aliphatic carbocycles. The Bertz CT molecular complexity index is 329. The summed E-state index contributed by atoms with van der Waals surface area (Å²) in [7, 11) is 2.08. The van der Waals surface area contributed by atoms with Gasteiger partial charge in [-0.3, -0.25) is 0 Å². The molecule has 3 unspecified atom stereocenters. The standard InChI is InChI=1S/C14H24N2/c1-11-4-5-14(8-12(11)2)15-9-13-6-7-16(3)10-13/h6-7,10-12,14-15H,4-5,8-9H2,1-3H3. The molecule has 2 rings (SSSR count). The molecule has 0 aliphatic heterocycles. The zero-order chi connectivity index (χ0) is 11.5. The largest absolute Gasteiger partial charge is 0.357 e. The Morgan fingerprint density at radius 2 is 2.12 bits per heavy atom. The van der Waals surface area contributed by atoms with Gasteiger partial charge in [-0.05, 0) is 42.7 Å². The normalized spacial score (nSPS) is 30.6. The van der Waals surface area contributed by atoms with Crippen LogP contribution in [0.25, 0.3) is 0 Å². The van der Waals surface area contributed by atoms with E-state index in [0.717, 1.165) is 24.4 Å². The van der Waals surface area contributed by atoms with E-state index in [4.69, 9.17) is 0 Å². The Labute approximate surface area is 99.0 Å². The Morgan fingerprint density at radius 3 is 2.75 bits per heavy atom. The van der Waals surface area contributed by atoms with Gasteiger partial charge >= 0.3 is 0 Å². The minimum absolute atomic E-state index is 0.728. The maximum absolute atomic E-state index is 3.69. The van der Waals surface area contributed by atoms with Crippen LogP contribution in [0.4, 0.5) is 0 Å². The molecule has 0 amide bonds. The summed E-state index contributed by atoms with van der Waals surface area (Å²) in [4.78, 5) is 0. The van der Waals surface area contributed by atoms with Crippen molar-refractivity contribution in [2.24, 2.45) is 18.9 Å². The molecular weight excluding hydrogens is 196 g/mol. The molecule has 0 radical (unpaired) electrons. The van der Waals surface area contributed by atoms with Crippen LogP contribution >= 0.6 is 0 Å². The lowest BCUT2D eigenvalue weighted by Crippen LogP contribution is -2.35. The lowest BCUT2D eigenvalue weighted by atomic mass is 9.79. The average Bonchev–Trinajstić information content (AvgIpc) is 2.66. The number of hydrogen-bond acceptors (Lipinski definition) is 1. The Balaban J connectivity index is 1.78. The smallest absolute Gasteiger partial charge is 0.0223 e. The van der Waals surface area contributed by atoms with Gasteiger partial charge in [-0.2, -0.15) is 0 Å². The molecule has 2 nitrogen and oxygen atoms in total. The molecule has 1 heterocycles. The van der Waals surface area contributed by atoms with Crippen LogP contribution in [0.15, 0.2) is 18.5 Å². The molecule has 1 aliphatic rings. The summed E-state index contributed by atoms with van der Waals surface area (Å²) in [5.74, 6) is 1.79. The number of aryl methyl sites for hydroxylation is 1. The summed E-state index contributed by atoms with van der Waals surface area (Å²) < 4.78 is 2.11. The van der Waals surface area contributed by atoms with Crippen LogP contribution in [0.1, 0.15) is 38.7 Å². The number of aromatic nitrogens is 1. The predicted octanol–water partition coefficient (Wildman–Crippen LogP) is 2.94. The van der Waals surface area contributed by atoms with Crippen LogP contribution in [-0.2, 0) is 13.6 Å². The molecule has 0 aromatic carbocycles. The van der Waals surface area contributed by atoms with E-state index >= 15 is 0 Å². The molecular formula is C14H24N2. The Morgan fingerprint density at radius 1 is 1.31 bits per heavy atom. The Kier molecular flexibility index (Phi) is 3.70. The maximum Gasteiger partial charge on any atom is 0.0223 e. The summed E-state index contributed by atoms with van der Waals surface area (Å²) in [6.07, 6.45) is 8.38. The number of nitrogens with one attached hydrogen (secondary N) is 1. The van der Waals surface area contributed by atoms with E-state index in [1.165, 1.54) is 24.8 Å². The first kappa shape index (κ1) is 11.7. The SMILES string of the molecule is CC1CCC(NCc2ccn(C)c2)CC1C. The molecule has 90 valence electrons.